The van der Waals surface area contributed by atoms with Crippen molar-refractivity contribution in [1.29, 1.82) is 0 Å². The Morgan fingerprint density at radius 3 is 2.47 bits per heavy atom. The highest BCUT2D eigenvalue weighted by Crippen LogP contribution is 2.27. The molecule has 0 saturated heterocycles. The van der Waals surface area contributed by atoms with Crippen molar-refractivity contribution in [2.24, 2.45) is 0 Å². The van der Waals surface area contributed by atoms with E-state index in [9.17, 15) is 4.79 Å². The van der Waals surface area contributed by atoms with Gasteiger partial charge in [-0.1, -0.05) is 24.3 Å². The summed E-state index contributed by atoms with van der Waals surface area (Å²) in [5.41, 5.74) is 3.59. The highest BCUT2D eigenvalue weighted by molar-refractivity contribution is 7.98. The van der Waals surface area contributed by atoms with E-state index in [1.165, 1.54) is 0 Å². The Hall–Kier alpha value is -3.51. The van der Waals surface area contributed by atoms with Crippen LogP contribution in [0.15, 0.2) is 90.0 Å². The van der Waals surface area contributed by atoms with E-state index in [2.05, 4.69) is 5.32 Å². The number of para-hydroxylation sites is 1. The third-order valence-corrected chi connectivity index (χ3v) is 5.40. The molecule has 5 nitrogen and oxygen atoms in total. The van der Waals surface area contributed by atoms with E-state index in [1.54, 1.807) is 29.8 Å². The largest absolute Gasteiger partial charge is 0.497 e. The number of amides is 1. The van der Waals surface area contributed by atoms with Crippen LogP contribution in [0.3, 0.4) is 0 Å². The topological polar surface area (TPSA) is 56.2 Å². The Bertz CT molecular complexity index is 1150. The highest BCUT2D eigenvalue weighted by atomic mass is 32.2. The number of methoxy groups -OCH3 is 1. The summed E-state index contributed by atoms with van der Waals surface area (Å²) in [7, 11) is 1.63. The van der Waals surface area contributed by atoms with E-state index < -0.39 is 0 Å². The van der Waals surface area contributed by atoms with E-state index in [4.69, 9.17) is 9.84 Å². The van der Waals surface area contributed by atoms with Gasteiger partial charge < -0.3 is 10.1 Å². The van der Waals surface area contributed by atoms with Gasteiger partial charge in [0.25, 0.3) is 5.91 Å². The Morgan fingerprint density at radius 2 is 1.77 bits per heavy atom. The average molecular weight is 416 g/mol. The lowest BCUT2D eigenvalue weighted by molar-refractivity contribution is 0.102. The summed E-state index contributed by atoms with van der Waals surface area (Å²) in [6, 6.07) is 25.0. The van der Waals surface area contributed by atoms with Crippen molar-refractivity contribution in [1.82, 2.24) is 9.78 Å². The summed E-state index contributed by atoms with van der Waals surface area (Å²) < 4.78 is 6.98. The van der Waals surface area contributed by atoms with E-state index in [-0.39, 0.29) is 5.91 Å². The predicted molar refractivity (Wildman–Crippen MR) is 122 cm³/mol. The molecule has 0 aliphatic rings. The van der Waals surface area contributed by atoms with Crippen molar-refractivity contribution in [2.45, 2.75) is 4.90 Å². The lowest BCUT2D eigenvalue weighted by Gasteiger charge is -2.07. The summed E-state index contributed by atoms with van der Waals surface area (Å²) >= 11 is 1.63. The average Bonchev–Trinajstić information content (AvgIpc) is 3.25. The summed E-state index contributed by atoms with van der Waals surface area (Å²) in [5.74, 6) is 0.544. The van der Waals surface area contributed by atoms with Gasteiger partial charge in [-0.25, -0.2) is 4.68 Å². The summed E-state index contributed by atoms with van der Waals surface area (Å²) in [5, 5.41) is 7.71. The van der Waals surface area contributed by atoms with Crippen molar-refractivity contribution in [3.63, 3.8) is 0 Å². The molecule has 150 valence electrons. The molecule has 1 amide bonds. The van der Waals surface area contributed by atoms with Crippen molar-refractivity contribution >= 4 is 23.4 Å². The molecule has 0 fully saturated rings. The van der Waals surface area contributed by atoms with Crippen LogP contribution < -0.4 is 10.1 Å². The maximum Gasteiger partial charge on any atom is 0.259 e. The van der Waals surface area contributed by atoms with Crippen molar-refractivity contribution in [3.05, 3.63) is 90.6 Å². The summed E-state index contributed by atoms with van der Waals surface area (Å²) in [6.07, 6.45) is 3.77. The van der Waals surface area contributed by atoms with Crippen LogP contribution in [-0.2, 0) is 0 Å². The predicted octanol–water partition coefficient (Wildman–Crippen LogP) is 5.52. The number of nitrogens with zero attached hydrogens (tertiary/aromatic N) is 2. The van der Waals surface area contributed by atoms with Crippen molar-refractivity contribution < 1.29 is 9.53 Å². The third-order valence-electron chi connectivity index (χ3n) is 4.67. The van der Waals surface area contributed by atoms with Gasteiger partial charge >= 0.3 is 0 Å². The van der Waals surface area contributed by atoms with Gasteiger partial charge in [-0.2, -0.15) is 5.10 Å². The maximum absolute atomic E-state index is 13.2. The van der Waals surface area contributed by atoms with Gasteiger partial charge in [0, 0.05) is 22.3 Å². The maximum atomic E-state index is 13.2. The molecule has 0 spiro atoms. The minimum Gasteiger partial charge on any atom is -0.497 e. The smallest absolute Gasteiger partial charge is 0.259 e. The number of rotatable bonds is 6. The number of hydrogen-bond acceptors (Lipinski definition) is 4. The second kappa shape index (κ2) is 8.88. The molecule has 4 aromatic rings. The fourth-order valence-corrected chi connectivity index (χ4v) is 3.57. The van der Waals surface area contributed by atoms with Gasteiger partial charge in [-0.3, -0.25) is 4.79 Å². The van der Waals surface area contributed by atoms with Crippen LogP contribution in [-0.4, -0.2) is 29.1 Å². The lowest BCUT2D eigenvalue weighted by atomic mass is 10.1. The molecule has 1 N–H and O–H groups in total. The second-order valence-electron chi connectivity index (χ2n) is 6.59. The molecule has 0 bridgehead atoms. The lowest BCUT2D eigenvalue weighted by Crippen LogP contribution is -2.12. The Labute approximate surface area is 179 Å². The molecule has 3 aromatic carbocycles. The molecule has 6 heteroatoms. The third kappa shape index (κ3) is 4.23. The normalized spacial score (nSPS) is 10.6. The minimum absolute atomic E-state index is 0.207. The van der Waals surface area contributed by atoms with Gasteiger partial charge in [0.1, 0.15) is 11.4 Å². The number of benzene rings is 3. The molecule has 4 rings (SSSR count). The molecule has 1 aromatic heterocycles. The Balaban J connectivity index is 1.74. The zero-order chi connectivity index (χ0) is 20.9. The summed E-state index contributed by atoms with van der Waals surface area (Å²) in [6.45, 7) is 0. The van der Waals surface area contributed by atoms with Gasteiger partial charge in [0.15, 0.2) is 0 Å². The van der Waals surface area contributed by atoms with Crippen LogP contribution in [0.5, 0.6) is 5.75 Å². The fraction of sp³-hybridized carbons (Fsp3) is 0.0833. The van der Waals surface area contributed by atoms with Crippen molar-refractivity contribution in [2.75, 3.05) is 18.7 Å². The van der Waals surface area contributed by atoms with E-state index in [0.717, 1.165) is 27.6 Å². The first-order chi connectivity index (χ1) is 14.7. The number of hydrogen-bond donors (Lipinski definition) is 1. The molecule has 30 heavy (non-hydrogen) atoms. The van der Waals surface area contributed by atoms with Crippen LogP contribution in [0.2, 0.25) is 0 Å². The molecule has 0 aliphatic carbocycles. The van der Waals surface area contributed by atoms with Gasteiger partial charge in [0.05, 0.1) is 18.4 Å². The van der Waals surface area contributed by atoms with E-state index >= 15 is 0 Å². The molecule has 0 saturated carbocycles. The first-order valence-corrected chi connectivity index (χ1v) is 10.7. The second-order valence-corrected chi connectivity index (χ2v) is 7.47. The van der Waals surface area contributed by atoms with Crippen LogP contribution in [0.25, 0.3) is 16.9 Å². The molecule has 0 aliphatic heterocycles. The van der Waals surface area contributed by atoms with Crippen LogP contribution in [0.4, 0.5) is 5.69 Å². The number of anilines is 1. The van der Waals surface area contributed by atoms with Crippen LogP contribution >= 0.6 is 11.8 Å². The number of carbonyl (C=O) groups is 1. The van der Waals surface area contributed by atoms with Crippen LogP contribution in [0.1, 0.15) is 10.4 Å². The number of carbonyl (C=O) groups excluding carboxylic acids is 1. The molecule has 1 heterocycles. The first kappa shape index (κ1) is 19.8. The molecular formula is C24H21N3O2S. The quantitative estimate of drug-likeness (QED) is 0.421. The first-order valence-electron chi connectivity index (χ1n) is 9.43. The number of ether oxygens (including phenoxy) is 1. The minimum atomic E-state index is -0.207. The number of thioether (sulfide) groups is 1. The van der Waals surface area contributed by atoms with E-state index in [1.807, 2.05) is 85.1 Å². The molecule has 0 atom stereocenters. The zero-order valence-electron chi connectivity index (χ0n) is 16.7. The zero-order valence-corrected chi connectivity index (χ0v) is 17.5. The standard InChI is InChI=1S/C24H21N3O2S/c1-29-20-13-11-17(12-14-20)23-22(16-27(26-23)19-8-4-3-5-9-19)24(28)25-18-7-6-10-21(15-18)30-2/h3-16H,1-2H3,(H,25,28). The Kier molecular flexibility index (Phi) is 5.86. The Morgan fingerprint density at radius 1 is 1.00 bits per heavy atom. The van der Waals surface area contributed by atoms with Gasteiger partial charge in [-0.05, 0) is 60.9 Å². The van der Waals surface area contributed by atoms with Crippen LogP contribution in [0, 0.1) is 0 Å². The molecule has 0 unspecified atom stereocenters. The fourth-order valence-electron chi connectivity index (χ4n) is 3.11. The van der Waals surface area contributed by atoms with Gasteiger partial charge in [0.2, 0.25) is 0 Å². The number of aromatic nitrogens is 2. The highest BCUT2D eigenvalue weighted by Gasteiger charge is 2.19. The summed E-state index contributed by atoms with van der Waals surface area (Å²) in [4.78, 5) is 14.3. The van der Waals surface area contributed by atoms with E-state index in [0.29, 0.717) is 11.3 Å². The van der Waals surface area contributed by atoms with Gasteiger partial charge in [-0.15, -0.1) is 11.8 Å². The SMILES string of the molecule is COc1ccc(-c2nn(-c3ccccc3)cc2C(=O)Nc2cccc(SC)c2)cc1. The molecule has 0 radical (unpaired) electrons. The number of nitrogens with one attached hydrogen (secondary N) is 1. The monoisotopic (exact) mass is 415 g/mol. The van der Waals surface area contributed by atoms with Crippen molar-refractivity contribution in [3.8, 4) is 22.7 Å². The molecular weight excluding hydrogens is 394 g/mol.